The lowest BCUT2D eigenvalue weighted by Crippen LogP contribution is -2.14. The summed E-state index contributed by atoms with van der Waals surface area (Å²) in [5.41, 5.74) is 2.26. The van der Waals surface area contributed by atoms with Gasteiger partial charge in [-0.3, -0.25) is 0 Å². The maximum absolute atomic E-state index is 12.0. The van der Waals surface area contributed by atoms with E-state index in [1.165, 1.54) is 5.56 Å². The SMILES string of the molecule is Cc1cc(S(=O)(=O)C(C)C)ccc1C(C)C. The summed E-state index contributed by atoms with van der Waals surface area (Å²) in [7, 11) is -3.14. The Morgan fingerprint density at radius 3 is 2.00 bits per heavy atom. The van der Waals surface area contributed by atoms with Gasteiger partial charge >= 0.3 is 0 Å². The Hall–Kier alpha value is -0.830. The molecule has 0 saturated heterocycles. The first kappa shape index (κ1) is 13.2. The molecule has 3 heteroatoms. The fraction of sp³-hybridized carbons (Fsp3) is 0.538. The highest BCUT2D eigenvalue weighted by atomic mass is 32.2. The third-order valence-electron chi connectivity index (χ3n) is 2.81. The van der Waals surface area contributed by atoms with Crippen molar-refractivity contribution in [1.29, 1.82) is 0 Å². The first-order valence-electron chi connectivity index (χ1n) is 5.61. The molecule has 1 rings (SSSR count). The molecule has 1 aromatic carbocycles. The van der Waals surface area contributed by atoms with E-state index in [1.54, 1.807) is 26.0 Å². The molecule has 0 unspecified atom stereocenters. The predicted octanol–water partition coefficient (Wildman–Crippen LogP) is 3.30. The molecular weight excluding hydrogens is 220 g/mol. The van der Waals surface area contributed by atoms with Crippen LogP contribution >= 0.6 is 0 Å². The Morgan fingerprint density at radius 2 is 1.62 bits per heavy atom. The molecule has 0 spiro atoms. The molecule has 0 radical (unpaired) electrons. The second-order valence-electron chi connectivity index (χ2n) is 4.77. The fourth-order valence-corrected chi connectivity index (χ4v) is 2.89. The summed E-state index contributed by atoms with van der Waals surface area (Å²) in [5, 5.41) is -0.364. The van der Waals surface area contributed by atoms with Crippen LogP contribution in [0.1, 0.15) is 44.7 Å². The van der Waals surface area contributed by atoms with Crippen LogP contribution in [0.2, 0.25) is 0 Å². The second kappa shape index (κ2) is 4.58. The lowest BCUT2D eigenvalue weighted by Gasteiger charge is -2.13. The fourth-order valence-electron chi connectivity index (χ4n) is 1.75. The molecule has 0 aliphatic heterocycles. The van der Waals surface area contributed by atoms with Crippen LogP contribution < -0.4 is 0 Å². The number of benzene rings is 1. The van der Waals surface area contributed by atoms with Crippen molar-refractivity contribution in [2.75, 3.05) is 0 Å². The van der Waals surface area contributed by atoms with Crippen molar-refractivity contribution < 1.29 is 8.42 Å². The Labute approximate surface area is 98.6 Å². The van der Waals surface area contributed by atoms with Gasteiger partial charge in [0.2, 0.25) is 0 Å². The summed E-state index contributed by atoms with van der Waals surface area (Å²) in [6, 6.07) is 5.43. The van der Waals surface area contributed by atoms with Gasteiger partial charge in [-0.2, -0.15) is 0 Å². The molecule has 0 saturated carbocycles. The largest absolute Gasteiger partial charge is 0.223 e. The van der Waals surface area contributed by atoms with Crippen LogP contribution in [0.25, 0.3) is 0 Å². The molecule has 0 aliphatic rings. The van der Waals surface area contributed by atoms with Gasteiger partial charge in [-0.05, 0) is 49.9 Å². The molecule has 0 fully saturated rings. The van der Waals surface area contributed by atoms with Crippen molar-refractivity contribution in [3.63, 3.8) is 0 Å². The summed E-state index contributed by atoms with van der Waals surface area (Å²) in [4.78, 5) is 0.435. The molecule has 0 amide bonds. The van der Waals surface area contributed by atoms with E-state index in [2.05, 4.69) is 13.8 Å². The third-order valence-corrected chi connectivity index (χ3v) is 4.96. The smallest absolute Gasteiger partial charge is 0.180 e. The van der Waals surface area contributed by atoms with Gasteiger partial charge in [-0.15, -0.1) is 0 Å². The van der Waals surface area contributed by atoms with Crippen molar-refractivity contribution in [3.05, 3.63) is 29.3 Å². The zero-order valence-corrected chi connectivity index (χ0v) is 11.4. The molecule has 0 heterocycles. The van der Waals surface area contributed by atoms with Gasteiger partial charge in [0.1, 0.15) is 0 Å². The molecule has 0 bridgehead atoms. The van der Waals surface area contributed by atoms with Crippen LogP contribution in [-0.4, -0.2) is 13.7 Å². The van der Waals surface area contributed by atoms with Crippen LogP contribution in [0.4, 0.5) is 0 Å². The molecule has 0 aliphatic carbocycles. The van der Waals surface area contributed by atoms with Gasteiger partial charge in [0.25, 0.3) is 0 Å². The van der Waals surface area contributed by atoms with Crippen LogP contribution in [0.5, 0.6) is 0 Å². The summed E-state index contributed by atoms with van der Waals surface area (Å²) >= 11 is 0. The minimum atomic E-state index is -3.14. The molecule has 1 aromatic rings. The number of hydrogen-bond acceptors (Lipinski definition) is 2. The van der Waals surface area contributed by atoms with Crippen molar-refractivity contribution in [2.24, 2.45) is 0 Å². The molecule has 16 heavy (non-hydrogen) atoms. The Bertz CT molecular complexity index is 471. The van der Waals surface area contributed by atoms with Crippen LogP contribution in [0.3, 0.4) is 0 Å². The summed E-state index contributed by atoms with van der Waals surface area (Å²) in [5.74, 6) is 0.427. The lowest BCUT2D eigenvalue weighted by atomic mass is 9.98. The maximum atomic E-state index is 12.0. The molecule has 0 aromatic heterocycles. The molecule has 0 atom stereocenters. The van der Waals surface area contributed by atoms with Crippen molar-refractivity contribution in [2.45, 2.75) is 50.7 Å². The average Bonchev–Trinajstić information content (AvgIpc) is 2.16. The summed E-state index contributed by atoms with van der Waals surface area (Å²) in [6.45, 7) is 9.61. The highest BCUT2D eigenvalue weighted by Gasteiger charge is 2.19. The normalized spacial score (nSPS) is 12.4. The Morgan fingerprint density at radius 1 is 1.06 bits per heavy atom. The minimum Gasteiger partial charge on any atom is -0.223 e. The number of sulfone groups is 1. The number of hydrogen-bond donors (Lipinski definition) is 0. The van der Waals surface area contributed by atoms with E-state index >= 15 is 0 Å². The maximum Gasteiger partial charge on any atom is 0.180 e. The van der Waals surface area contributed by atoms with Crippen LogP contribution in [0, 0.1) is 6.92 Å². The van der Waals surface area contributed by atoms with Crippen LogP contribution in [0.15, 0.2) is 23.1 Å². The molecular formula is C13H20O2S. The van der Waals surface area contributed by atoms with Crippen LogP contribution in [-0.2, 0) is 9.84 Å². The predicted molar refractivity (Wildman–Crippen MR) is 67.6 cm³/mol. The van der Waals surface area contributed by atoms with E-state index in [0.29, 0.717) is 10.8 Å². The Balaban J connectivity index is 3.27. The zero-order valence-electron chi connectivity index (χ0n) is 10.6. The second-order valence-corrected chi connectivity index (χ2v) is 7.27. The highest BCUT2D eigenvalue weighted by molar-refractivity contribution is 7.92. The van der Waals surface area contributed by atoms with E-state index in [0.717, 1.165) is 5.56 Å². The minimum absolute atomic E-state index is 0.364. The molecule has 0 N–H and O–H groups in total. The first-order valence-corrected chi connectivity index (χ1v) is 7.16. The lowest BCUT2D eigenvalue weighted by molar-refractivity contribution is 0.587. The number of aryl methyl sites for hydroxylation is 1. The highest BCUT2D eigenvalue weighted by Crippen LogP contribution is 2.24. The van der Waals surface area contributed by atoms with E-state index in [4.69, 9.17) is 0 Å². The Kier molecular flexibility index (Phi) is 3.79. The van der Waals surface area contributed by atoms with Crippen molar-refractivity contribution >= 4 is 9.84 Å². The van der Waals surface area contributed by atoms with Gasteiger partial charge in [0.15, 0.2) is 9.84 Å². The number of rotatable bonds is 3. The van der Waals surface area contributed by atoms with Gasteiger partial charge in [0.05, 0.1) is 10.1 Å². The zero-order chi connectivity index (χ0) is 12.5. The monoisotopic (exact) mass is 240 g/mol. The summed E-state index contributed by atoms with van der Waals surface area (Å²) < 4.78 is 23.9. The third kappa shape index (κ3) is 2.46. The van der Waals surface area contributed by atoms with E-state index in [-0.39, 0.29) is 5.25 Å². The first-order chi connectivity index (χ1) is 7.26. The molecule has 2 nitrogen and oxygen atoms in total. The average molecular weight is 240 g/mol. The topological polar surface area (TPSA) is 34.1 Å². The van der Waals surface area contributed by atoms with Crippen molar-refractivity contribution in [1.82, 2.24) is 0 Å². The van der Waals surface area contributed by atoms with Crippen molar-refractivity contribution in [3.8, 4) is 0 Å². The van der Waals surface area contributed by atoms with Gasteiger partial charge in [0, 0.05) is 0 Å². The van der Waals surface area contributed by atoms with Gasteiger partial charge in [-0.25, -0.2) is 8.42 Å². The molecule has 90 valence electrons. The van der Waals surface area contributed by atoms with Gasteiger partial charge < -0.3 is 0 Å². The van der Waals surface area contributed by atoms with E-state index < -0.39 is 9.84 Å². The van der Waals surface area contributed by atoms with Gasteiger partial charge in [-0.1, -0.05) is 19.9 Å². The summed E-state index contributed by atoms with van der Waals surface area (Å²) in [6.07, 6.45) is 0. The standard InChI is InChI=1S/C13H20O2S/c1-9(2)13-7-6-12(8-11(13)5)16(14,15)10(3)4/h6-10H,1-5H3. The quantitative estimate of drug-likeness (QED) is 0.812. The van der Waals surface area contributed by atoms with E-state index in [1.807, 2.05) is 13.0 Å². The van der Waals surface area contributed by atoms with E-state index in [9.17, 15) is 8.42 Å².